The molecule has 0 bridgehead atoms. The third-order valence-electron chi connectivity index (χ3n) is 2.02. The summed E-state index contributed by atoms with van der Waals surface area (Å²) >= 11 is 0. The quantitative estimate of drug-likeness (QED) is 0.749. The standard InChI is InChI=1S/C13H18FNO/c1-10(2)15-8-11(3)9-16-13-6-4-12(14)5-7-13/h4-7,10,15H,3,8-9H2,1-2H3. The van der Waals surface area contributed by atoms with E-state index in [4.69, 9.17) is 4.74 Å². The zero-order valence-corrected chi connectivity index (χ0v) is 9.79. The van der Waals surface area contributed by atoms with Gasteiger partial charge in [-0.25, -0.2) is 4.39 Å². The first-order valence-corrected chi connectivity index (χ1v) is 5.36. The molecule has 0 aliphatic heterocycles. The molecular weight excluding hydrogens is 205 g/mol. The van der Waals surface area contributed by atoms with Gasteiger partial charge in [-0.15, -0.1) is 0 Å². The van der Waals surface area contributed by atoms with Crippen molar-refractivity contribution < 1.29 is 9.13 Å². The fraction of sp³-hybridized carbons (Fsp3) is 0.385. The van der Waals surface area contributed by atoms with E-state index in [1.54, 1.807) is 12.1 Å². The molecule has 0 aromatic heterocycles. The van der Waals surface area contributed by atoms with Crippen LogP contribution >= 0.6 is 0 Å². The number of hydrogen-bond acceptors (Lipinski definition) is 2. The second-order valence-electron chi connectivity index (χ2n) is 4.03. The zero-order valence-electron chi connectivity index (χ0n) is 9.79. The molecule has 0 saturated heterocycles. The molecule has 0 saturated carbocycles. The van der Waals surface area contributed by atoms with Gasteiger partial charge in [-0.3, -0.25) is 0 Å². The average Bonchev–Trinajstić information content (AvgIpc) is 2.25. The Morgan fingerprint density at radius 3 is 2.56 bits per heavy atom. The highest BCUT2D eigenvalue weighted by Gasteiger charge is 1.99. The van der Waals surface area contributed by atoms with Gasteiger partial charge in [-0.2, -0.15) is 0 Å². The number of hydrogen-bond donors (Lipinski definition) is 1. The van der Waals surface area contributed by atoms with E-state index in [-0.39, 0.29) is 5.82 Å². The highest BCUT2D eigenvalue weighted by molar-refractivity contribution is 5.22. The molecule has 16 heavy (non-hydrogen) atoms. The molecule has 0 aliphatic carbocycles. The summed E-state index contributed by atoms with van der Waals surface area (Å²) < 4.78 is 18.1. The maximum atomic E-state index is 12.6. The predicted octanol–water partition coefficient (Wildman–Crippen LogP) is 2.76. The van der Waals surface area contributed by atoms with E-state index < -0.39 is 0 Å². The summed E-state index contributed by atoms with van der Waals surface area (Å²) in [6.07, 6.45) is 0. The van der Waals surface area contributed by atoms with E-state index in [2.05, 4.69) is 25.7 Å². The van der Waals surface area contributed by atoms with Crippen molar-refractivity contribution in [1.82, 2.24) is 5.32 Å². The van der Waals surface area contributed by atoms with Crippen molar-refractivity contribution in [3.8, 4) is 5.75 Å². The average molecular weight is 223 g/mol. The lowest BCUT2D eigenvalue weighted by atomic mass is 10.3. The van der Waals surface area contributed by atoms with Gasteiger partial charge >= 0.3 is 0 Å². The van der Waals surface area contributed by atoms with Gasteiger partial charge < -0.3 is 10.1 Å². The summed E-state index contributed by atoms with van der Waals surface area (Å²) in [6, 6.07) is 6.41. The van der Waals surface area contributed by atoms with Crippen molar-refractivity contribution in [3.63, 3.8) is 0 Å². The highest BCUT2D eigenvalue weighted by atomic mass is 19.1. The van der Waals surface area contributed by atoms with Gasteiger partial charge in [0.1, 0.15) is 18.2 Å². The smallest absolute Gasteiger partial charge is 0.123 e. The van der Waals surface area contributed by atoms with Crippen molar-refractivity contribution in [1.29, 1.82) is 0 Å². The van der Waals surface area contributed by atoms with Crippen LogP contribution in [0.25, 0.3) is 0 Å². The van der Waals surface area contributed by atoms with E-state index in [1.807, 2.05) is 0 Å². The van der Waals surface area contributed by atoms with Crippen molar-refractivity contribution in [3.05, 3.63) is 42.2 Å². The number of benzene rings is 1. The van der Waals surface area contributed by atoms with Crippen LogP contribution < -0.4 is 10.1 Å². The number of ether oxygens (including phenoxy) is 1. The molecule has 1 aromatic rings. The number of halogens is 1. The van der Waals surface area contributed by atoms with Gasteiger partial charge in [0.2, 0.25) is 0 Å². The predicted molar refractivity (Wildman–Crippen MR) is 64.2 cm³/mol. The summed E-state index contributed by atoms with van der Waals surface area (Å²) in [7, 11) is 0. The van der Waals surface area contributed by atoms with Crippen LogP contribution in [0.3, 0.4) is 0 Å². The Balaban J connectivity index is 2.29. The fourth-order valence-corrected chi connectivity index (χ4v) is 1.12. The molecule has 1 aromatic carbocycles. The third kappa shape index (κ3) is 4.94. The molecule has 88 valence electrons. The lowest BCUT2D eigenvalue weighted by molar-refractivity contribution is 0.346. The van der Waals surface area contributed by atoms with Gasteiger partial charge in [0.15, 0.2) is 0 Å². The van der Waals surface area contributed by atoms with E-state index in [0.717, 1.165) is 12.1 Å². The highest BCUT2D eigenvalue weighted by Crippen LogP contribution is 2.11. The first kappa shape index (κ1) is 12.7. The van der Waals surface area contributed by atoms with Crippen LogP contribution in [0, 0.1) is 5.82 Å². The van der Waals surface area contributed by atoms with Crippen LogP contribution in [-0.4, -0.2) is 19.2 Å². The first-order valence-electron chi connectivity index (χ1n) is 5.36. The molecule has 0 atom stereocenters. The van der Waals surface area contributed by atoms with Crippen LogP contribution in [0.2, 0.25) is 0 Å². The maximum Gasteiger partial charge on any atom is 0.123 e. The monoisotopic (exact) mass is 223 g/mol. The third-order valence-corrected chi connectivity index (χ3v) is 2.02. The summed E-state index contributed by atoms with van der Waals surface area (Å²) in [6.45, 7) is 9.24. The Labute approximate surface area is 96.1 Å². The SMILES string of the molecule is C=C(CNC(C)C)COc1ccc(F)cc1. The molecule has 0 heterocycles. The number of rotatable bonds is 6. The molecule has 0 aliphatic rings. The molecule has 3 heteroatoms. The topological polar surface area (TPSA) is 21.3 Å². The molecule has 1 N–H and O–H groups in total. The van der Waals surface area contributed by atoms with Crippen LogP contribution in [0.1, 0.15) is 13.8 Å². The molecule has 0 unspecified atom stereocenters. The van der Waals surface area contributed by atoms with Crippen LogP contribution in [0.4, 0.5) is 4.39 Å². The van der Waals surface area contributed by atoms with Gasteiger partial charge in [0.25, 0.3) is 0 Å². The van der Waals surface area contributed by atoms with Crippen molar-refractivity contribution in [2.75, 3.05) is 13.2 Å². The summed E-state index contributed by atoms with van der Waals surface area (Å²) in [4.78, 5) is 0. The summed E-state index contributed by atoms with van der Waals surface area (Å²) in [5.74, 6) is 0.403. The second-order valence-corrected chi connectivity index (χ2v) is 4.03. The second kappa shape index (κ2) is 6.28. The Hall–Kier alpha value is -1.35. The van der Waals surface area contributed by atoms with Crippen LogP contribution in [0.15, 0.2) is 36.4 Å². The van der Waals surface area contributed by atoms with Gasteiger partial charge in [-0.05, 0) is 29.8 Å². The van der Waals surface area contributed by atoms with E-state index in [0.29, 0.717) is 18.4 Å². The minimum absolute atomic E-state index is 0.257. The Morgan fingerprint density at radius 2 is 2.00 bits per heavy atom. The molecular formula is C13H18FNO. The Morgan fingerprint density at radius 1 is 1.38 bits per heavy atom. The van der Waals surface area contributed by atoms with Crippen LogP contribution in [-0.2, 0) is 0 Å². The lowest BCUT2D eigenvalue weighted by Gasteiger charge is -2.11. The van der Waals surface area contributed by atoms with Crippen molar-refractivity contribution in [2.45, 2.75) is 19.9 Å². The van der Waals surface area contributed by atoms with Gasteiger partial charge in [0.05, 0.1) is 0 Å². The molecule has 0 fully saturated rings. The van der Waals surface area contributed by atoms with E-state index in [1.165, 1.54) is 12.1 Å². The van der Waals surface area contributed by atoms with E-state index >= 15 is 0 Å². The molecule has 0 radical (unpaired) electrons. The largest absolute Gasteiger partial charge is 0.489 e. The normalized spacial score (nSPS) is 10.5. The van der Waals surface area contributed by atoms with Crippen molar-refractivity contribution >= 4 is 0 Å². The maximum absolute atomic E-state index is 12.6. The summed E-state index contributed by atoms with van der Waals surface area (Å²) in [5.41, 5.74) is 0.970. The minimum Gasteiger partial charge on any atom is -0.489 e. The minimum atomic E-state index is -0.257. The zero-order chi connectivity index (χ0) is 12.0. The van der Waals surface area contributed by atoms with Gasteiger partial charge in [-0.1, -0.05) is 20.4 Å². The molecule has 0 amide bonds. The number of nitrogens with one attached hydrogen (secondary N) is 1. The fourth-order valence-electron chi connectivity index (χ4n) is 1.12. The molecule has 0 spiro atoms. The van der Waals surface area contributed by atoms with Crippen LogP contribution in [0.5, 0.6) is 5.75 Å². The molecule has 2 nitrogen and oxygen atoms in total. The van der Waals surface area contributed by atoms with E-state index in [9.17, 15) is 4.39 Å². The van der Waals surface area contributed by atoms with Gasteiger partial charge in [0, 0.05) is 12.6 Å². The van der Waals surface area contributed by atoms with Crippen molar-refractivity contribution in [2.24, 2.45) is 0 Å². The Bertz CT molecular complexity index is 332. The lowest BCUT2D eigenvalue weighted by Crippen LogP contribution is -2.26. The summed E-state index contributed by atoms with van der Waals surface area (Å²) in [5, 5.41) is 3.25. The molecule has 1 rings (SSSR count). The first-order chi connectivity index (χ1) is 7.58. The Kier molecular flexibility index (Phi) is 4.99.